The molecule has 0 aliphatic carbocycles. The second-order valence-electron chi connectivity index (χ2n) is 4.68. The molecule has 0 saturated carbocycles. The molecule has 0 N–H and O–H groups in total. The van der Waals surface area contributed by atoms with Gasteiger partial charge in [0, 0.05) is 0 Å². The molecule has 0 fully saturated rings. The van der Waals surface area contributed by atoms with E-state index in [0.717, 1.165) is 12.2 Å². The number of carbonyl (C=O) groups excluding carboxylic acids is 6. The molecule has 26 heavy (non-hydrogen) atoms. The third-order valence-corrected chi connectivity index (χ3v) is 2.96. The van der Waals surface area contributed by atoms with Gasteiger partial charge in [0.2, 0.25) is 23.1 Å². The topological polar surface area (TPSA) is 121 Å². The molecule has 0 aromatic heterocycles. The average molecular weight is 358 g/mol. The van der Waals surface area contributed by atoms with Crippen LogP contribution in [0.3, 0.4) is 0 Å². The summed E-state index contributed by atoms with van der Waals surface area (Å²) in [6.45, 7) is 4.62. The van der Waals surface area contributed by atoms with Crippen LogP contribution in [0.25, 0.3) is 0 Å². The molecule has 0 unspecified atom stereocenters. The maximum absolute atomic E-state index is 12.0. The van der Waals surface area contributed by atoms with Crippen LogP contribution >= 0.6 is 0 Å². The van der Waals surface area contributed by atoms with Gasteiger partial charge in [-0.2, -0.15) is 0 Å². The third-order valence-electron chi connectivity index (χ3n) is 2.96. The van der Waals surface area contributed by atoms with Gasteiger partial charge in [-0.1, -0.05) is 25.3 Å². The molecule has 1 rings (SSSR count). The highest BCUT2D eigenvalue weighted by Crippen LogP contribution is 2.12. The van der Waals surface area contributed by atoms with Crippen LogP contribution in [0.2, 0.25) is 0 Å². The molecule has 1 aromatic carbocycles. The van der Waals surface area contributed by atoms with E-state index >= 15 is 0 Å². The summed E-state index contributed by atoms with van der Waals surface area (Å²) in [6.07, 6.45) is 1.56. The van der Waals surface area contributed by atoms with E-state index in [1.54, 1.807) is 0 Å². The normalized spacial score (nSPS) is 9.54. The summed E-state index contributed by atoms with van der Waals surface area (Å²) in [7, 11) is 0. The fraction of sp³-hybridized carbons (Fsp3) is 0.111. The van der Waals surface area contributed by atoms with Crippen molar-refractivity contribution in [3.8, 4) is 0 Å². The Balaban J connectivity index is 2.83. The lowest BCUT2D eigenvalue weighted by Gasteiger charge is -2.08. The van der Waals surface area contributed by atoms with Crippen LogP contribution in [-0.4, -0.2) is 48.3 Å². The predicted octanol–water partition coefficient (Wildman–Crippen LogP) is 0.649. The number of carbonyl (C=O) groups is 6. The zero-order valence-corrected chi connectivity index (χ0v) is 13.6. The van der Waals surface area contributed by atoms with Gasteiger partial charge in [0.25, 0.3) is 0 Å². The number of Topliss-reactive ketones (excluding diaryl/α,β-unsaturated/α-hetero) is 2. The number of ether oxygens (including phenoxy) is 2. The SMILES string of the molecule is C=CC(=O)C(=O)COC(=O)c1ccccc1C(=O)OCC(=O)C(=O)C=C. The van der Waals surface area contributed by atoms with E-state index in [0.29, 0.717) is 0 Å². The van der Waals surface area contributed by atoms with E-state index in [4.69, 9.17) is 0 Å². The quantitative estimate of drug-likeness (QED) is 0.339. The standard InChI is InChI=1S/C18H14O8/c1-3-13(19)15(21)9-25-17(23)11-7-5-6-8-12(11)18(24)26-10-16(22)14(20)4-2/h3-8H,1-2,9-10H2. The van der Waals surface area contributed by atoms with Crippen LogP contribution in [-0.2, 0) is 28.7 Å². The van der Waals surface area contributed by atoms with Crippen LogP contribution in [0.1, 0.15) is 20.7 Å². The number of hydrogen-bond donors (Lipinski definition) is 0. The summed E-state index contributed by atoms with van der Waals surface area (Å²) in [5.74, 6) is -5.90. The second kappa shape index (κ2) is 9.58. The van der Waals surface area contributed by atoms with Crippen LogP contribution in [0, 0.1) is 0 Å². The predicted molar refractivity (Wildman–Crippen MR) is 87.4 cm³/mol. The summed E-state index contributed by atoms with van der Waals surface area (Å²) >= 11 is 0. The summed E-state index contributed by atoms with van der Waals surface area (Å²) in [5.41, 5.74) is -0.474. The van der Waals surface area contributed by atoms with Crippen molar-refractivity contribution in [1.29, 1.82) is 0 Å². The van der Waals surface area contributed by atoms with Crippen molar-refractivity contribution in [1.82, 2.24) is 0 Å². The molecule has 0 saturated heterocycles. The largest absolute Gasteiger partial charge is 0.454 e. The van der Waals surface area contributed by atoms with E-state index in [2.05, 4.69) is 22.6 Å². The van der Waals surface area contributed by atoms with E-state index in [9.17, 15) is 28.8 Å². The Morgan fingerprint density at radius 1 is 0.731 bits per heavy atom. The lowest BCUT2D eigenvalue weighted by atomic mass is 10.1. The van der Waals surface area contributed by atoms with E-state index < -0.39 is 48.3 Å². The number of allylic oxidation sites excluding steroid dienone is 2. The Bertz CT molecular complexity index is 736. The number of esters is 2. The fourth-order valence-electron chi connectivity index (χ4n) is 1.63. The molecule has 0 atom stereocenters. The van der Waals surface area contributed by atoms with Gasteiger partial charge in [0.15, 0.2) is 13.2 Å². The first-order valence-electron chi connectivity index (χ1n) is 7.14. The van der Waals surface area contributed by atoms with Crippen molar-refractivity contribution < 1.29 is 38.2 Å². The molecule has 0 amide bonds. The van der Waals surface area contributed by atoms with Crippen molar-refractivity contribution >= 4 is 35.1 Å². The molecular formula is C18H14O8. The van der Waals surface area contributed by atoms with Gasteiger partial charge in [-0.25, -0.2) is 9.59 Å². The van der Waals surface area contributed by atoms with Gasteiger partial charge in [-0.3, -0.25) is 19.2 Å². The Morgan fingerprint density at radius 3 is 1.38 bits per heavy atom. The molecule has 134 valence electrons. The summed E-state index contributed by atoms with van der Waals surface area (Å²) < 4.78 is 9.37. The second-order valence-corrected chi connectivity index (χ2v) is 4.68. The van der Waals surface area contributed by atoms with Crippen molar-refractivity contribution in [3.05, 3.63) is 60.7 Å². The third kappa shape index (κ3) is 5.45. The first-order valence-corrected chi connectivity index (χ1v) is 7.14. The van der Waals surface area contributed by atoms with Crippen LogP contribution < -0.4 is 0 Å². The highest BCUT2D eigenvalue weighted by Gasteiger charge is 2.22. The van der Waals surface area contributed by atoms with Crippen molar-refractivity contribution in [2.75, 3.05) is 13.2 Å². The minimum atomic E-state index is -1.05. The Hall–Kier alpha value is -3.68. The summed E-state index contributed by atoms with van der Waals surface area (Å²) in [6, 6.07) is 5.32. The van der Waals surface area contributed by atoms with Gasteiger partial charge in [0.05, 0.1) is 11.1 Å². The zero-order chi connectivity index (χ0) is 19.7. The van der Waals surface area contributed by atoms with Gasteiger partial charge in [-0.05, 0) is 24.3 Å². The Morgan fingerprint density at radius 2 is 1.08 bits per heavy atom. The molecule has 1 aromatic rings. The minimum Gasteiger partial charge on any atom is -0.454 e. The molecule has 8 heteroatoms. The van der Waals surface area contributed by atoms with Gasteiger partial charge in [0.1, 0.15) is 0 Å². The first kappa shape index (κ1) is 20.4. The van der Waals surface area contributed by atoms with Crippen LogP contribution in [0.15, 0.2) is 49.6 Å². The van der Waals surface area contributed by atoms with Crippen LogP contribution in [0.4, 0.5) is 0 Å². The van der Waals surface area contributed by atoms with E-state index in [1.165, 1.54) is 24.3 Å². The first-order chi connectivity index (χ1) is 12.3. The number of hydrogen-bond acceptors (Lipinski definition) is 8. The molecule has 0 radical (unpaired) electrons. The molecule has 0 heterocycles. The smallest absolute Gasteiger partial charge is 0.339 e. The molecule has 0 aliphatic heterocycles. The van der Waals surface area contributed by atoms with E-state index in [-0.39, 0.29) is 11.1 Å². The van der Waals surface area contributed by atoms with Crippen molar-refractivity contribution in [2.45, 2.75) is 0 Å². The molecule has 0 spiro atoms. The van der Waals surface area contributed by atoms with Crippen molar-refractivity contribution in [3.63, 3.8) is 0 Å². The Labute approximate surface area is 148 Å². The summed E-state index contributed by atoms with van der Waals surface area (Å²) in [5, 5.41) is 0. The number of benzene rings is 1. The zero-order valence-electron chi connectivity index (χ0n) is 13.6. The average Bonchev–Trinajstić information content (AvgIpc) is 2.68. The van der Waals surface area contributed by atoms with Crippen molar-refractivity contribution in [2.24, 2.45) is 0 Å². The number of rotatable bonds is 10. The molecule has 0 aliphatic rings. The molecule has 8 nitrogen and oxygen atoms in total. The maximum Gasteiger partial charge on any atom is 0.339 e. The van der Waals surface area contributed by atoms with Gasteiger partial charge >= 0.3 is 11.9 Å². The lowest BCUT2D eigenvalue weighted by molar-refractivity contribution is -0.135. The highest BCUT2D eigenvalue weighted by molar-refractivity contribution is 6.42. The number of ketones is 4. The lowest BCUT2D eigenvalue weighted by Crippen LogP contribution is -2.23. The molecular weight excluding hydrogens is 344 g/mol. The monoisotopic (exact) mass is 358 g/mol. The van der Waals surface area contributed by atoms with Gasteiger partial charge < -0.3 is 9.47 Å². The van der Waals surface area contributed by atoms with Crippen LogP contribution in [0.5, 0.6) is 0 Å². The fourth-order valence-corrected chi connectivity index (χ4v) is 1.63. The van der Waals surface area contributed by atoms with E-state index in [1.807, 2.05) is 0 Å². The Kier molecular flexibility index (Phi) is 7.50. The molecule has 0 bridgehead atoms. The van der Waals surface area contributed by atoms with Gasteiger partial charge in [-0.15, -0.1) is 0 Å². The maximum atomic E-state index is 12.0. The minimum absolute atomic E-state index is 0.237. The summed E-state index contributed by atoms with van der Waals surface area (Å²) in [4.78, 5) is 68.8. The highest BCUT2D eigenvalue weighted by atomic mass is 16.5.